The van der Waals surface area contributed by atoms with Crippen LogP contribution in [0.5, 0.6) is 0 Å². The van der Waals surface area contributed by atoms with Crippen LogP contribution in [0.3, 0.4) is 0 Å². The van der Waals surface area contributed by atoms with Crippen LogP contribution in [0.1, 0.15) is 55.6 Å². The number of rotatable bonds is 6. The van der Waals surface area contributed by atoms with Crippen molar-refractivity contribution < 1.29 is 19.8 Å². The summed E-state index contributed by atoms with van der Waals surface area (Å²) >= 11 is 1.75. The maximum Gasteiger partial charge on any atom is 0.311 e. The molecule has 144 valence electrons. The third-order valence-corrected chi connectivity index (χ3v) is 5.73. The van der Waals surface area contributed by atoms with Gasteiger partial charge in [-0.25, -0.2) is 0 Å². The van der Waals surface area contributed by atoms with Gasteiger partial charge in [-0.15, -0.1) is 11.8 Å². The minimum Gasteiger partial charge on any atom is -0.481 e. The van der Waals surface area contributed by atoms with Crippen molar-refractivity contribution in [3.05, 3.63) is 65.7 Å². The van der Waals surface area contributed by atoms with Gasteiger partial charge in [0, 0.05) is 4.90 Å². The van der Waals surface area contributed by atoms with Crippen molar-refractivity contribution in [2.45, 2.75) is 49.3 Å². The molecule has 0 fully saturated rings. The number of hydrogen-bond donors (Lipinski definition) is 2. The van der Waals surface area contributed by atoms with Crippen molar-refractivity contribution in [3.63, 3.8) is 0 Å². The van der Waals surface area contributed by atoms with Gasteiger partial charge in [0.05, 0.1) is 11.8 Å². The van der Waals surface area contributed by atoms with Crippen LogP contribution in [0.4, 0.5) is 0 Å². The van der Waals surface area contributed by atoms with E-state index in [1.165, 1.54) is 0 Å². The quantitative estimate of drug-likeness (QED) is 0.696. The van der Waals surface area contributed by atoms with Crippen molar-refractivity contribution in [3.8, 4) is 0 Å². The molecule has 0 bridgehead atoms. The predicted molar refractivity (Wildman–Crippen MR) is 109 cm³/mol. The zero-order valence-corrected chi connectivity index (χ0v) is 16.3. The SMILES string of the molecule is CCCCC(C(=O)O)c1ccccc1.O=C(O)C1CCSc2ccccc21. The van der Waals surface area contributed by atoms with E-state index in [9.17, 15) is 9.59 Å². The van der Waals surface area contributed by atoms with E-state index in [0.717, 1.165) is 47.5 Å². The summed E-state index contributed by atoms with van der Waals surface area (Å²) in [5.74, 6) is -1.14. The number of aliphatic carboxylic acids is 2. The molecular weight excluding hydrogens is 360 g/mol. The molecule has 5 heteroatoms. The van der Waals surface area contributed by atoms with E-state index in [4.69, 9.17) is 10.2 Å². The summed E-state index contributed by atoms with van der Waals surface area (Å²) in [7, 11) is 0. The number of fused-ring (bicyclic) bond motifs is 1. The Balaban J connectivity index is 0.000000194. The van der Waals surface area contributed by atoms with Crippen molar-refractivity contribution in [2.24, 2.45) is 0 Å². The van der Waals surface area contributed by atoms with Gasteiger partial charge in [0.2, 0.25) is 0 Å². The first kappa shape index (κ1) is 21.0. The lowest BCUT2D eigenvalue weighted by Crippen LogP contribution is -2.16. The fraction of sp³-hybridized carbons (Fsp3) is 0.364. The normalized spacial score (nSPS) is 16.4. The van der Waals surface area contributed by atoms with E-state index in [1.807, 2.05) is 54.6 Å². The summed E-state index contributed by atoms with van der Waals surface area (Å²) in [6.07, 6.45) is 3.48. The highest BCUT2D eigenvalue weighted by Gasteiger charge is 2.25. The molecule has 0 aromatic heterocycles. The Labute approximate surface area is 164 Å². The summed E-state index contributed by atoms with van der Waals surface area (Å²) in [6.45, 7) is 2.07. The average molecular weight is 387 g/mol. The zero-order valence-electron chi connectivity index (χ0n) is 15.5. The van der Waals surface area contributed by atoms with Crippen molar-refractivity contribution in [2.75, 3.05) is 5.75 Å². The smallest absolute Gasteiger partial charge is 0.311 e. The topological polar surface area (TPSA) is 74.6 Å². The molecule has 0 saturated carbocycles. The fourth-order valence-corrected chi connectivity index (χ4v) is 4.25. The Hall–Kier alpha value is -2.27. The van der Waals surface area contributed by atoms with Crippen molar-refractivity contribution in [1.82, 2.24) is 0 Å². The molecular formula is C22H26O4S. The third-order valence-electron chi connectivity index (χ3n) is 4.60. The molecule has 0 radical (unpaired) electrons. The van der Waals surface area contributed by atoms with E-state index in [2.05, 4.69) is 6.92 Å². The highest BCUT2D eigenvalue weighted by atomic mass is 32.2. The maximum atomic E-state index is 11.0. The summed E-state index contributed by atoms with van der Waals surface area (Å²) in [5.41, 5.74) is 1.89. The second kappa shape index (κ2) is 10.8. The van der Waals surface area contributed by atoms with Crippen LogP contribution in [0.2, 0.25) is 0 Å². The monoisotopic (exact) mass is 386 g/mol. The number of carboxylic acids is 2. The molecule has 2 aromatic carbocycles. The maximum absolute atomic E-state index is 11.0. The minimum absolute atomic E-state index is 0.294. The summed E-state index contributed by atoms with van der Waals surface area (Å²) < 4.78 is 0. The molecule has 27 heavy (non-hydrogen) atoms. The highest BCUT2D eigenvalue weighted by Crippen LogP contribution is 2.37. The lowest BCUT2D eigenvalue weighted by Gasteiger charge is -2.21. The molecule has 4 nitrogen and oxygen atoms in total. The molecule has 0 spiro atoms. The van der Waals surface area contributed by atoms with Gasteiger partial charge < -0.3 is 10.2 Å². The molecule has 0 aliphatic carbocycles. The van der Waals surface area contributed by atoms with Gasteiger partial charge in [-0.05, 0) is 35.8 Å². The number of carbonyl (C=O) groups is 2. The average Bonchev–Trinajstić information content (AvgIpc) is 2.69. The molecule has 1 aliphatic heterocycles. The number of unbranched alkanes of at least 4 members (excludes halogenated alkanes) is 1. The van der Waals surface area contributed by atoms with E-state index >= 15 is 0 Å². The lowest BCUT2D eigenvalue weighted by atomic mass is 9.94. The van der Waals surface area contributed by atoms with Gasteiger partial charge in [-0.2, -0.15) is 0 Å². The number of hydrogen-bond acceptors (Lipinski definition) is 3. The largest absolute Gasteiger partial charge is 0.481 e. The van der Waals surface area contributed by atoms with Gasteiger partial charge in [0.1, 0.15) is 0 Å². The van der Waals surface area contributed by atoms with Crippen LogP contribution in [0.15, 0.2) is 59.5 Å². The zero-order chi connectivity index (χ0) is 19.6. The standard InChI is InChI=1S/C12H16O2.C10H10O2S/c1-2-3-9-11(12(13)14)10-7-5-4-6-8-10;11-10(12)8-5-6-13-9-4-2-1-3-7(8)9/h4-8,11H,2-3,9H2,1H3,(H,13,14);1-4,8H,5-6H2,(H,11,12). The molecule has 2 unspecified atom stereocenters. The van der Waals surface area contributed by atoms with Crippen LogP contribution in [0.25, 0.3) is 0 Å². The molecule has 0 amide bonds. The Morgan fingerprint density at radius 2 is 1.74 bits per heavy atom. The van der Waals surface area contributed by atoms with Gasteiger partial charge >= 0.3 is 11.9 Å². The molecule has 0 saturated heterocycles. The van der Waals surface area contributed by atoms with Crippen LogP contribution in [0, 0.1) is 0 Å². The Kier molecular flexibility index (Phi) is 8.40. The molecule has 1 aliphatic rings. The number of thioether (sulfide) groups is 1. The molecule has 2 N–H and O–H groups in total. The number of benzene rings is 2. The van der Waals surface area contributed by atoms with Crippen molar-refractivity contribution in [1.29, 1.82) is 0 Å². The van der Waals surface area contributed by atoms with E-state index in [1.54, 1.807) is 11.8 Å². The van der Waals surface area contributed by atoms with Crippen LogP contribution in [-0.4, -0.2) is 27.9 Å². The third kappa shape index (κ3) is 6.14. The highest BCUT2D eigenvalue weighted by molar-refractivity contribution is 7.99. The van der Waals surface area contributed by atoms with Gasteiger partial charge in [0.15, 0.2) is 0 Å². The Morgan fingerprint density at radius 3 is 2.37 bits per heavy atom. The summed E-state index contributed by atoms with van der Waals surface area (Å²) in [4.78, 5) is 23.0. The van der Waals surface area contributed by atoms with Crippen LogP contribution < -0.4 is 0 Å². The first-order valence-corrected chi connectivity index (χ1v) is 10.3. The number of carboxylic acid groups (broad SMARTS) is 2. The Bertz CT molecular complexity index is 745. The molecule has 2 atom stereocenters. The summed E-state index contributed by atoms with van der Waals surface area (Å²) in [6, 6.07) is 17.2. The predicted octanol–water partition coefficient (Wildman–Crippen LogP) is 5.40. The first-order valence-electron chi connectivity index (χ1n) is 9.26. The van der Waals surface area contributed by atoms with Crippen LogP contribution in [-0.2, 0) is 9.59 Å². The minimum atomic E-state index is -0.718. The van der Waals surface area contributed by atoms with Gasteiger partial charge in [-0.1, -0.05) is 68.3 Å². The van der Waals surface area contributed by atoms with Crippen LogP contribution >= 0.6 is 11.8 Å². The first-order chi connectivity index (χ1) is 13.0. The second-order valence-electron chi connectivity index (χ2n) is 6.51. The fourth-order valence-electron chi connectivity index (χ4n) is 3.12. The van der Waals surface area contributed by atoms with E-state index in [-0.39, 0.29) is 11.8 Å². The second-order valence-corrected chi connectivity index (χ2v) is 7.65. The summed E-state index contributed by atoms with van der Waals surface area (Å²) in [5, 5.41) is 18.0. The molecule has 2 aromatic rings. The van der Waals surface area contributed by atoms with E-state index in [0.29, 0.717) is 0 Å². The molecule has 1 heterocycles. The van der Waals surface area contributed by atoms with Crippen molar-refractivity contribution >= 4 is 23.7 Å². The van der Waals surface area contributed by atoms with Gasteiger partial charge in [0.25, 0.3) is 0 Å². The van der Waals surface area contributed by atoms with E-state index < -0.39 is 11.9 Å². The lowest BCUT2D eigenvalue weighted by molar-refractivity contribution is -0.140. The van der Waals surface area contributed by atoms with Gasteiger partial charge in [-0.3, -0.25) is 9.59 Å². The molecule has 3 rings (SSSR count). The Morgan fingerprint density at radius 1 is 1.07 bits per heavy atom.